The summed E-state index contributed by atoms with van der Waals surface area (Å²) in [5, 5.41) is 3.96. The molecule has 0 radical (unpaired) electrons. The van der Waals surface area contributed by atoms with Crippen molar-refractivity contribution in [1.29, 1.82) is 0 Å². The molecule has 0 aliphatic carbocycles. The third kappa shape index (κ3) is 6.42. The van der Waals surface area contributed by atoms with Crippen LogP contribution >= 0.6 is 11.3 Å². The van der Waals surface area contributed by atoms with Gasteiger partial charge in [0.15, 0.2) is 11.9 Å². The Morgan fingerprint density at radius 2 is 1.69 bits per heavy atom. The minimum Gasteiger partial charge on any atom is -0.488 e. The van der Waals surface area contributed by atoms with Gasteiger partial charge in [0.05, 0.1) is 12.3 Å². The highest BCUT2D eigenvalue weighted by Crippen LogP contribution is 2.33. The van der Waals surface area contributed by atoms with E-state index in [1.54, 1.807) is 18.3 Å². The van der Waals surface area contributed by atoms with Gasteiger partial charge < -0.3 is 18.7 Å². The summed E-state index contributed by atoms with van der Waals surface area (Å²) in [6, 6.07) is 20.2. The number of carbonyl (C=O) groups is 1. The number of hydrogen-bond acceptors (Lipinski definition) is 7. The maximum absolute atomic E-state index is 12.1. The van der Waals surface area contributed by atoms with E-state index >= 15 is 0 Å². The Balaban J connectivity index is 1.36. The summed E-state index contributed by atoms with van der Waals surface area (Å²) in [6.45, 7) is 8.98. The summed E-state index contributed by atoms with van der Waals surface area (Å²) in [4.78, 5) is 14.5. The van der Waals surface area contributed by atoms with E-state index in [-0.39, 0.29) is 5.97 Å². The average Bonchev–Trinajstić information content (AvgIpc) is 3.49. The molecule has 6 nitrogen and oxygen atoms in total. The van der Waals surface area contributed by atoms with Crippen LogP contribution in [-0.2, 0) is 27.3 Å². The largest absolute Gasteiger partial charge is 0.488 e. The van der Waals surface area contributed by atoms with Gasteiger partial charge in [-0.1, -0.05) is 41.6 Å². The van der Waals surface area contributed by atoms with E-state index in [9.17, 15) is 4.79 Å². The third-order valence-electron chi connectivity index (χ3n) is 5.73. The lowest BCUT2D eigenvalue weighted by Crippen LogP contribution is -2.28. The summed E-state index contributed by atoms with van der Waals surface area (Å²) in [5.41, 5.74) is 5.23. The summed E-state index contributed by atoms with van der Waals surface area (Å²) < 4.78 is 22.1. The number of thiophene rings is 1. The lowest BCUT2D eigenvalue weighted by atomic mass is 10.1. The van der Waals surface area contributed by atoms with E-state index in [1.165, 1.54) is 15.3 Å². The second-order valence-electron chi connectivity index (χ2n) is 8.46. The Hall–Kier alpha value is -3.42. The molecule has 0 unspecified atom stereocenters. The van der Waals surface area contributed by atoms with Gasteiger partial charge in [-0.15, -0.1) is 11.3 Å². The summed E-state index contributed by atoms with van der Waals surface area (Å²) in [5.74, 6) is 1.23. The minimum absolute atomic E-state index is 0.327. The van der Waals surface area contributed by atoms with Crippen LogP contribution in [0.2, 0.25) is 0 Å². The van der Waals surface area contributed by atoms with Crippen molar-refractivity contribution in [3.05, 3.63) is 82.4 Å². The van der Waals surface area contributed by atoms with Gasteiger partial charge in [-0.05, 0) is 62.6 Å². The highest BCUT2D eigenvalue weighted by molar-refractivity contribution is 7.15. The number of rotatable bonds is 11. The zero-order valence-corrected chi connectivity index (χ0v) is 21.9. The van der Waals surface area contributed by atoms with Crippen molar-refractivity contribution < 1.29 is 23.5 Å². The van der Waals surface area contributed by atoms with Crippen molar-refractivity contribution in [3.63, 3.8) is 0 Å². The number of carbonyl (C=O) groups excluding carboxylic acids is 1. The average molecular weight is 506 g/mol. The molecule has 0 aliphatic rings. The monoisotopic (exact) mass is 505 g/mol. The van der Waals surface area contributed by atoms with E-state index in [1.807, 2.05) is 44.2 Å². The van der Waals surface area contributed by atoms with Crippen molar-refractivity contribution in [2.24, 2.45) is 0 Å². The maximum atomic E-state index is 12.1. The zero-order chi connectivity index (χ0) is 25.5. The lowest BCUT2D eigenvalue weighted by Gasteiger charge is -2.15. The number of benzene rings is 2. The predicted molar refractivity (Wildman–Crippen MR) is 141 cm³/mol. The summed E-state index contributed by atoms with van der Waals surface area (Å²) in [6.07, 6.45) is -0.127. The number of aryl methyl sites for hydroxylation is 2. The SMILES string of the molecule is CCOC(=O)[C@H](Cc1ccc(OCc2sc(-c3ccc(-c4cc(C)no4)cc3)cc2C)cc1)OCC. The molecule has 0 amide bonds. The predicted octanol–water partition coefficient (Wildman–Crippen LogP) is 6.78. The van der Waals surface area contributed by atoms with Crippen LogP contribution in [0.3, 0.4) is 0 Å². The molecule has 7 heteroatoms. The lowest BCUT2D eigenvalue weighted by molar-refractivity contribution is -0.156. The number of esters is 1. The number of nitrogens with zero attached hydrogens (tertiary/aromatic N) is 1. The van der Waals surface area contributed by atoms with Crippen molar-refractivity contribution in [3.8, 4) is 27.5 Å². The van der Waals surface area contributed by atoms with Crippen LogP contribution in [0, 0.1) is 13.8 Å². The Kier molecular flexibility index (Phi) is 8.57. The van der Waals surface area contributed by atoms with Crippen LogP contribution in [0.1, 0.15) is 35.5 Å². The topological polar surface area (TPSA) is 70.8 Å². The second-order valence-corrected chi connectivity index (χ2v) is 9.60. The van der Waals surface area contributed by atoms with Gasteiger partial charge in [0, 0.05) is 34.4 Å². The molecule has 4 aromatic rings. The molecule has 0 saturated heterocycles. The first-order valence-electron chi connectivity index (χ1n) is 12.1. The molecule has 0 saturated carbocycles. The molecule has 0 bridgehead atoms. The van der Waals surface area contributed by atoms with Crippen LogP contribution in [0.25, 0.3) is 21.8 Å². The summed E-state index contributed by atoms with van der Waals surface area (Å²) in [7, 11) is 0. The second kappa shape index (κ2) is 12.0. The standard InChI is InChI=1S/C29H31NO5S/c1-5-32-26(29(31)33-6-2)17-21-7-13-24(14-8-21)34-18-28-19(3)15-27(36-28)23-11-9-22(10-12-23)25-16-20(4)30-35-25/h7-16,26H,5-6,17-18H2,1-4H3/t26-/m0/s1. The molecule has 188 valence electrons. The number of aromatic nitrogens is 1. The van der Waals surface area contributed by atoms with E-state index < -0.39 is 6.10 Å². The van der Waals surface area contributed by atoms with Gasteiger partial charge >= 0.3 is 5.97 Å². The van der Waals surface area contributed by atoms with E-state index in [4.69, 9.17) is 18.7 Å². The third-order valence-corrected chi connectivity index (χ3v) is 6.99. The van der Waals surface area contributed by atoms with Gasteiger partial charge in [0.1, 0.15) is 12.4 Å². The van der Waals surface area contributed by atoms with Gasteiger partial charge in [0.2, 0.25) is 0 Å². The number of ether oxygens (including phenoxy) is 3. The van der Waals surface area contributed by atoms with Crippen LogP contribution < -0.4 is 4.74 Å². The highest BCUT2D eigenvalue weighted by atomic mass is 32.1. The van der Waals surface area contributed by atoms with E-state index in [2.05, 4.69) is 42.4 Å². The van der Waals surface area contributed by atoms with Crippen molar-refractivity contribution in [2.75, 3.05) is 13.2 Å². The first-order valence-corrected chi connectivity index (χ1v) is 12.9. The molecule has 0 fully saturated rings. The van der Waals surface area contributed by atoms with Crippen LogP contribution in [0.4, 0.5) is 0 Å². The van der Waals surface area contributed by atoms with E-state index in [0.29, 0.717) is 26.2 Å². The van der Waals surface area contributed by atoms with Gasteiger partial charge in [-0.3, -0.25) is 0 Å². The molecule has 2 heterocycles. The zero-order valence-electron chi connectivity index (χ0n) is 21.1. The molecule has 36 heavy (non-hydrogen) atoms. The Morgan fingerprint density at radius 1 is 0.972 bits per heavy atom. The van der Waals surface area contributed by atoms with Crippen molar-refractivity contribution in [1.82, 2.24) is 5.16 Å². The molecule has 2 aromatic carbocycles. The summed E-state index contributed by atoms with van der Waals surface area (Å²) >= 11 is 1.73. The minimum atomic E-state index is -0.595. The Morgan fingerprint density at radius 3 is 2.33 bits per heavy atom. The van der Waals surface area contributed by atoms with Crippen molar-refractivity contribution in [2.45, 2.75) is 46.8 Å². The highest BCUT2D eigenvalue weighted by Gasteiger charge is 2.20. The first-order chi connectivity index (χ1) is 17.5. The molecular weight excluding hydrogens is 474 g/mol. The molecule has 0 N–H and O–H groups in total. The fourth-order valence-electron chi connectivity index (χ4n) is 3.84. The van der Waals surface area contributed by atoms with Crippen LogP contribution in [0.5, 0.6) is 5.75 Å². The molecular formula is C29H31NO5S. The normalized spacial score (nSPS) is 11.9. The van der Waals surface area contributed by atoms with E-state index in [0.717, 1.165) is 33.9 Å². The molecule has 0 aliphatic heterocycles. The maximum Gasteiger partial charge on any atom is 0.335 e. The fraction of sp³-hybridized carbons (Fsp3) is 0.310. The first kappa shape index (κ1) is 25.7. The Bertz CT molecular complexity index is 1270. The molecule has 0 spiro atoms. The van der Waals surface area contributed by atoms with Gasteiger partial charge in [-0.25, -0.2) is 4.79 Å². The molecule has 2 aromatic heterocycles. The van der Waals surface area contributed by atoms with Gasteiger partial charge in [-0.2, -0.15) is 0 Å². The van der Waals surface area contributed by atoms with Crippen molar-refractivity contribution >= 4 is 17.3 Å². The van der Waals surface area contributed by atoms with Gasteiger partial charge in [0.25, 0.3) is 0 Å². The Labute approximate surface area is 215 Å². The van der Waals surface area contributed by atoms with Crippen LogP contribution in [0.15, 0.2) is 65.2 Å². The smallest absolute Gasteiger partial charge is 0.335 e. The molecule has 1 atom stereocenters. The quantitative estimate of drug-likeness (QED) is 0.209. The van der Waals surface area contributed by atoms with Crippen LogP contribution in [-0.4, -0.2) is 30.4 Å². The fourth-order valence-corrected chi connectivity index (χ4v) is 4.93. The molecule has 4 rings (SSSR count). The number of hydrogen-bond donors (Lipinski definition) is 0.